The minimum Gasteiger partial charge on any atom is -0.454 e. The molecule has 2 heterocycles. The Morgan fingerprint density at radius 3 is 1.40 bits per heavy atom. The normalized spacial score (nSPS) is 12.8. The first kappa shape index (κ1) is 43.0. The van der Waals surface area contributed by atoms with Crippen LogP contribution < -0.4 is 9.80 Å². The lowest BCUT2D eigenvalue weighted by molar-refractivity contribution is 0.661. The van der Waals surface area contributed by atoms with Gasteiger partial charge < -0.3 is 18.6 Å². The molecule has 2 aromatic heterocycles. The van der Waals surface area contributed by atoms with Crippen molar-refractivity contribution >= 4 is 99.5 Å². The Kier molecular flexibility index (Phi) is 9.58. The summed E-state index contributed by atoms with van der Waals surface area (Å²) in [5, 5.41) is 9.12. The molecule has 0 radical (unpaired) electrons. The summed E-state index contributed by atoms with van der Waals surface area (Å²) in [7, 11) is 0. The number of nitrogens with zero attached hydrogens (tertiary/aromatic N) is 2. The lowest BCUT2D eigenvalue weighted by Crippen LogP contribution is -2.17. The quantitative estimate of drug-likeness (QED) is 0.152. The van der Waals surface area contributed by atoms with Crippen LogP contribution >= 0.6 is 0 Å². The van der Waals surface area contributed by atoms with E-state index in [9.17, 15) is 0 Å². The fourth-order valence-electron chi connectivity index (χ4n) is 12.3. The molecule has 4 nitrogen and oxygen atoms in total. The molecule has 12 aromatic carbocycles. The molecule has 0 unspecified atom stereocenters. The van der Waals surface area contributed by atoms with Gasteiger partial charge in [0.2, 0.25) is 0 Å². The molecule has 0 saturated heterocycles. The van der Waals surface area contributed by atoms with Gasteiger partial charge in [-0.2, -0.15) is 0 Å². The van der Waals surface area contributed by atoms with Crippen molar-refractivity contribution in [1.29, 1.82) is 0 Å². The van der Waals surface area contributed by atoms with Crippen LogP contribution in [0.5, 0.6) is 0 Å². The van der Waals surface area contributed by atoms with Gasteiger partial charge in [-0.1, -0.05) is 202 Å². The van der Waals surface area contributed by atoms with Crippen LogP contribution in [0.2, 0.25) is 0 Å². The minimum atomic E-state index is -0.372. The predicted molar refractivity (Wildman–Crippen MR) is 314 cm³/mol. The summed E-state index contributed by atoms with van der Waals surface area (Å²) < 4.78 is 13.7. The van der Waals surface area contributed by atoms with Gasteiger partial charge in [-0.05, 0) is 116 Å². The zero-order valence-electron chi connectivity index (χ0n) is 41.5. The third-order valence-electron chi connectivity index (χ3n) is 15.8. The first-order valence-corrected chi connectivity index (χ1v) is 25.8. The standard InChI is InChI=1S/C71H48N2O2/c1-71(2)59-43-48-41-49(72(61-33-15-11-25-50(61)45-21-5-3-6-22-45)63-35-19-31-56-53-28-13-17-37-66(53)74-69(56)63)40-39-47(48)42-58(59)68-55-30-10-9-27-52(55)65(44-60(68)71)73(62-34-16-12-26-51(62)46-23-7-4-8-24-46)64-36-20-32-57-54-29-14-18-38-67(54)75-70(57)64/h3-44H,1-2H3. The molecule has 0 N–H and O–H groups in total. The zero-order valence-corrected chi connectivity index (χ0v) is 41.5. The highest BCUT2D eigenvalue weighted by Crippen LogP contribution is 2.57. The van der Waals surface area contributed by atoms with Crippen molar-refractivity contribution in [3.05, 3.63) is 266 Å². The number of rotatable bonds is 8. The molecule has 354 valence electrons. The highest BCUT2D eigenvalue weighted by molar-refractivity contribution is 6.16. The maximum atomic E-state index is 6.89. The first-order valence-electron chi connectivity index (χ1n) is 25.8. The summed E-state index contributed by atoms with van der Waals surface area (Å²) in [5.74, 6) is 0. The third-order valence-corrected chi connectivity index (χ3v) is 15.8. The van der Waals surface area contributed by atoms with E-state index in [1.807, 2.05) is 6.07 Å². The summed E-state index contributed by atoms with van der Waals surface area (Å²) in [6.07, 6.45) is 0. The summed E-state index contributed by atoms with van der Waals surface area (Å²) in [6, 6.07) is 92.1. The molecule has 0 amide bonds. The number of benzene rings is 12. The van der Waals surface area contributed by atoms with Gasteiger partial charge in [-0.25, -0.2) is 0 Å². The fourth-order valence-corrected chi connectivity index (χ4v) is 12.3. The molecule has 1 aliphatic carbocycles. The topological polar surface area (TPSA) is 32.8 Å². The van der Waals surface area contributed by atoms with Crippen molar-refractivity contribution in [2.75, 3.05) is 9.80 Å². The predicted octanol–water partition coefficient (Wildman–Crippen LogP) is 20.4. The molecular formula is C71H48N2O2. The SMILES string of the molecule is CC1(C)c2cc3cc(N(c4ccccc4-c4ccccc4)c4cccc5c4oc4ccccc45)ccc3cc2-c2c1cc(N(c1ccccc1-c1ccccc1)c1cccc3c1oc1ccccc13)c1ccccc21. The van der Waals surface area contributed by atoms with Crippen molar-refractivity contribution in [3.8, 4) is 33.4 Å². The zero-order chi connectivity index (χ0) is 49.8. The van der Waals surface area contributed by atoms with Gasteiger partial charge in [0, 0.05) is 49.2 Å². The Hall–Kier alpha value is -9.64. The van der Waals surface area contributed by atoms with Gasteiger partial charge >= 0.3 is 0 Å². The van der Waals surface area contributed by atoms with Crippen molar-refractivity contribution in [3.63, 3.8) is 0 Å². The molecule has 0 saturated carbocycles. The lowest BCUT2D eigenvalue weighted by atomic mass is 9.81. The Labute approximate surface area is 434 Å². The first-order chi connectivity index (χ1) is 37.0. The number of para-hydroxylation sites is 6. The summed E-state index contributed by atoms with van der Waals surface area (Å²) in [4.78, 5) is 4.85. The molecule has 1 aliphatic rings. The van der Waals surface area contributed by atoms with E-state index in [0.29, 0.717) is 0 Å². The monoisotopic (exact) mass is 960 g/mol. The third kappa shape index (κ3) is 6.63. The number of hydrogen-bond acceptors (Lipinski definition) is 4. The van der Waals surface area contributed by atoms with Crippen LogP contribution in [-0.4, -0.2) is 0 Å². The second-order valence-corrected chi connectivity index (χ2v) is 20.4. The van der Waals surface area contributed by atoms with E-state index in [1.165, 1.54) is 43.8 Å². The molecule has 0 bridgehead atoms. The number of hydrogen-bond donors (Lipinski definition) is 0. The van der Waals surface area contributed by atoms with Crippen molar-refractivity contribution in [2.45, 2.75) is 19.3 Å². The van der Waals surface area contributed by atoms with Crippen LogP contribution in [0.25, 0.3) is 98.8 Å². The fraction of sp³-hybridized carbons (Fsp3) is 0.0423. The van der Waals surface area contributed by atoms with E-state index in [2.05, 4.69) is 272 Å². The van der Waals surface area contributed by atoms with Gasteiger partial charge in [0.05, 0.1) is 28.4 Å². The van der Waals surface area contributed by atoms with E-state index in [0.717, 1.165) is 100 Å². The summed E-state index contributed by atoms with van der Waals surface area (Å²) in [6.45, 7) is 4.80. The molecule has 75 heavy (non-hydrogen) atoms. The smallest absolute Gasteiger partial charge is 0.159 e. The molecular weight excluding hydrogens is 913 g/mol. The second kappa shape index (κ2) is 16.7. The summed E-state index contributed by atoms with van der Waals surface area (Å²) >= 11 is 0. The van der Waals surface area contributed by atoms with Crippen molar-refractivity contribution < 1.29 is 8.83 Å². The molecule has 0 aliphatic heterocycles. The molecule has 15 rings (SSSR count). The average Bonchev–Trinajstić information content (AvgIpc) is 4.11. The van der Waals surface area contributed by atoms with Crippen LogP contribution in [0.4, 0.5) is 34.1 Å². The van der Waals surface area contributed by atoms with E-state index >= 15 is 0 Å². The molecule has 4 heteroatoms. The van der Waals surface area contributed by atoms with Gasteiger partial charge in [0.1, 0.15) is 11.2 Å². The number of furan rings is 2. The number of anilines is 6. The van der Waals surface area contributed by atoms with E-state index in [-0.39, 0.29) is 5.41 Å². The molecule has 0 atom stereocenters. The Bertz CT molecular complexity index is 4580. The van der Waals surface area contributed by atoms with Gasteiger partial charge in [0.25, 0.3) is 0 Å². The van der Waals surface area contributed by atoms with Crippen molar-refractivity contribution in [1.82, 2.24) is 0 Å². The van der Waals surface area contributed by atoms with E-state index in [4.69, 9.17) is 8.83 Å². The minimum absolute atomic E-state index is 0.372. The number of fused-ring (bicyclic) bond motifs is 12. The highest BCUT2D eigenvalue weighted by atomic mass is 16.3. The second-order valence-electron chi connectivity index (χ2n) is 20.4. The van der Waals surface area contributed by atoms with E-state index in [1.54, 1.807) is 0 Å². The molecule has 0 fully saturated rings. The molecule has 14 aromatic rings. The van der Waals surface area contributed by atoms with Gasteiger partial charge in [0.15, 0.2) is 11.2 Å². The van der Waals surface area contributed by atoms with Crippen LogP contribution in [-0.2, 0) is 5.41 Å². The maximum Gasteiger partial charge on any atom is 0.159 e. The van der Waals surface area contributed by atoms with Crippen molar-refractivity contribution in [2.24, 2.45) is 0 Å². The largest absolute Gasteiger partial charge is 0.454 e. The lowest BCUT2D eigenvalue weighted by Gasteiger charge is -2.31. The maximum absolute atomic E-state index is 6.89. The van der Waals surface area contributed by atoms with Gasteiger partial charge in [-0.15, -0.1) is 0 Å². The van der Waals surface area contributed by atoms with E-state index < -0.39 is 0 Å². The Morgan fingerprint density at radius 2 is 0.787 bits per heavy atom. The highest BCUT2D eigenvalue weighted by Gasteiger charge is 2.39. The molecule has 0 spiro atoms. The average molecular weight is 961 g/mol. The summed E-state index contributed by atoms with van der Waals surface area (Å²) in [5.41, 5.74) is 19.1. The van der Waals surface area contributed by atoms with Crippen LogP contribution in [0.1, 0.15) is 25.0 Å². The van der Waals surface area contributed by atoms with Crippen LogP contribution in [0.15, 0.2) is 264 Å². The van der Waals surface area contributed by atoms with Crippen LogP contribution in [0.3, 0.4) is 0 Å². The Balaban J connectivity index is 0.943. The van der Waals surface area contributed by atoms with Gasteiger partial charge in [-0.3, -0.25) is 0 Å². The van der Waals surface area contributed by atoms with Crippen LogP contribution in [0, 0.1) is 0 Å². The Morgan fingerprint density at radius 1 is 0.307 bits per heavy atom.